The number of nitrogens with one attached hydrogen (secondary N) is 1. The quantitative estimate of drug-likeness (QED) is 0.620. The number of halogens is 3. The number of hydrogen-bond acceptors (Lipinski definition) is 5. The molecular weight excluding hydrogens is 403 g/mol. The minimum Gasteiger partial charge on any atom is -0.494 e. The van der Waals surface area contributed by atoms with E-state index in [0.717, 1.165) is 22.9 Å². The van der Waals surface area contributed by atoms with E-state index in [2.05, 4.69) is 4.99 Å². The maximum atomic E-state index is 12.8. The lowest BCUT2D eigenvalue weighted by atomic mass is 10.2. The number of aliphatic imine (C=N–C) groups is 1. The lowest BCUT2D eigenvalue weighted by molar-refractivity contribution is -0.137. The highest BCUT2D eigenvalue weighted by atomic mass is 19.4. The molecule has 3 aromatic rings. The van der Waals surface area contributed by atoms with E-state index in [-0.39, 0.29) is 16.9 Å². The number of alkyl halides is 3. The second kappa shape index (κ2) is 8.27. The summed E-state index contributed by atoms with van der Waals surface area (Å²) in [6.07, 6.45) is -3.65. The van der Waals surface area contributed by atoms with Crippen LogP contribution in [0.5, 0.6) is 11.6 Å². The fourth-order valence-corrected chi connectivity index (χ4v) is 2.65. The lowest BCUT2D eigenvalue weighted by Gasteiger charge is -2.10. The van der Waals surface area contributed by atoms with Gasteiger partial charge in [0.2, 0.25) is 5.88 Å². The number of aromatic amines is 1. The van der Waals surface area contributed by atoms with Crippen LogP contribution in [0.15, 0.2) is 63.1 Å². The van der Waals surface area contributed by atoms with Crippen LogP contribution in [0.3, 0.4) is 0 Å². The first-order valence-electron chi connectivity index (χ1n) is 8.73. The van der Waals surface area contributed by atoms with Gasteiger partial charge in [0.1, 0.15) is 11.3 Å². The molecule has 0 atom stereocenters. The van der Waals surface area contributed by atoms with E-state index in [1.165, 1.54) is 24.3 Å². The Kier molecular flexibility index (Phi) is 5.77. The minimum atomic E-state index is -4.55. The lowest BCUT2D eigenvalue weighted by Crippen LogP contribution is -2.31. The molecule has 7 nitrogen and oxygen atoms in total. The Morgan fingerprint density at radius 3 is 2.50 bits per heavy atom. The molecule has 3 rings (SSSR count). The molecule has 0 saturated carbocycles. The molecule has 0 amide bonds. The monoisotopic (exact) mass is 419 g/mol. The van der Waals surface area contributed by atoms with Gasteiger partial charge in [-0.15, -0.1) is 0 Å². The zero-order chi connectivity index (χ0) is 21.9. The molecule has 0 radical (unpaired) electrons. The molecule has 0 aliphatic carbocycles. The largest absolute Gasteiger partial charge is 0.494 e. The van der Waals surface area contributed by atoms with Crippen molar-refractivity contribution in [2.24, 2.45) is 4.99 Å². The summed E-state index contributed by atoms with van der Waals surface area (Å²) in [5, 5.41) is 10.5. The van der Waals surface area contributed by atoms with Gasteiger partial charge in [0.25, 0.3) is 5.56 Å². The Morgan fingerprint density at radius 1 is 1.17 bits per heavy atom. The maximum absolute atomic E-state index is 12.8. The molecule has 0 unspecified atom stereocenters. The summed E-state index contributed by atoms with van der Waals surface area (Å²) in [4.78, 5) is 30.2. The van der Waals surface area contributed by atoms with Crippen molar-refractivity contribution in [2.45, 2.75) is 13.1 Å². The Bertz CT molecular complexity index is 1200. The van der Waals surface area contributed by atoms with Crippen LogP contribution in [0.2, 0.25) is 0 Å². The van der Waals surface area contributed by atoms with E-state index in [9.17, 15) is 27.9 Å². The summed E-state index contributed by atoms with van der Waals surface area (Å²) < 4.78 is 44.6. The maximum Gasteiger partial charge on any atom is 0.416 e. The van der Waals surface area contributed by atoms with Crippen molar-refractivity contribution in [1.29, 1.82) is 0 Å². The molecular formula is C20H16F3N3O4. The SMILES string of the molecule is CCOc1ccc(-n2c(O)c(C=Nc3cccc(C(F)(F)F)c3)c(=O)[nH]c2=O)cc1. The van der Waals surface area contributed by atoms with Gasteiger partial charge >= 0.3 is 11.9 Å². The summed E-state index contributed by atoms with van der Waals surface area (Å²) in [6.45, 7) is 2.25. The van der Waals surface area contributed by atoms with E-state index >= 15 is 0 Å². The molecule has 0 bridgehead atoms. The van der Waals surface area contributed by atoms with Crippen molar-refractivity contribution in [2.75, 3.05) is 6.61 Å². The van der Waals surface area contributed by atoms with Crippen molar-refractivity contribution in [3.8, 4) is 17.3 Å². The zero-order valence-corrected chi connectivity index (χ0v) is 15.6. The van der Waals surface area contributed by atoms with Crippen LogP contribution in [-0.4, -0.2) is 27.5 Å². The van der Waals surface area contributed by atoms with Gasteiger partial charge in [-0.25, -0.2) is 9.36 Å². The molecule has 0 spiro atoms. The number of ether oxygens (including phenoxy) is 1. The van der Waals surface area contributed by atoms with E-state index in [1.54, 1.807) is 12.1 Å². The molecule has 0 aliphatic rings. The molecule has 1 heterocycles. The smallest absolute Gasteiger partial charge is 0.416 e. The van der Waals surface area contributed by atoms with Gasteiger partial charge in [-0.1, -0.05) is 6.07 Å². The van der Waals surface area contributed by atoms with Crippen LogP contribution in [-0.2, 0) is 6.18 Å². The van der Waals surface area contributed by atoms with E-state index in [0.29, 0.717) is 12.4 Å². The summed E-state index contributed by atoms with van der Waals surface area (Å²) in [5.74, 6) is -0.159. The normalized spacial score (nSPS) is 11.7. The third-order valence-corrected chi connectivity index (χ3v) is 4.04. The predicted molar refractivity (Wildman–Crippen MR) is 104 cm³/mol. The van der Waals surface area contributed by atoms with Crippen LogP contribution < -0.4 is 16.0 Å². The average molecular weight is 419 g/mol. The van der Waals surface area contributed by atoms with Crippen molar-refractivity contribution in [1.82, 2.24) is 9.55 Å². The third-order valence-electron chi connectivity index (χ3n) is 4.04. The van der Waals surface area contributed by atoms with Gasteiger partial charge in [0.15, 0.2) is 0 Å². The Morgan fingerprint density at radius 2 is 1.87 bits per heavy atom. The number of benzene rings is 2. The van der Waals surface area contributed by atoms with Crippen LogP contribution >= 0.6 is 0 Å². The molecule has 1 aromatic heterocycles. The van der Waals surface area contributed by atoms with Crippen molar-refractivity contribution in [3.05, 3.63) is 80.5 Å². The molecule has 0 saturated heterocycles. The number of rotatable bonds is 5. The second-order valence-corrected chi connectivity index (χ2v) is 6.07. The number of hydrogen-bond donors (Lipinski definition) is 2. The average Bonchev–Trinajstić information content (AvgIpc) is 2.68. The van der Waals surface area contributed by atoms with Crippen LogP contribution in [0.25, 0.3) is 5.69 Å². The summed E-state index contributed by atoms with van der Waals surface area (Å²) in [5.41, 5.74) is -2.96. The van der Waals surface area contributed by atoms with E-state index in [4.69, 9.17) is 4.74 Å². The summed E-state index contributed by atoms with van der Waals surface area (Å²) >= 11 is 0. The fraction of sp³-hybridized carbons (Fsp3) is 0.150. The topological polar surface area (TPSA) is 96.7 Å². The standard InChI is InChI=1S/C20H16F3N3O4/c1-2-30-15-8-6-14(7-9-15)26-18(28)16(17(27)25-19(26)29)11-24-13-5-3-4-12(10-13)20(21,22)23/h3-11,28H,2H2,1H3,(H,25,27,29). The highest BCUT2D eigenvalue weighted by Crippen LogP contribution is 2.31. The summed E-state index contributed by atoms with van der Waals surface area (Å²) in [7, 11) is 0. The molecule has 2 aromatic carbocycles. The molecule has 156 valence electrons. The van der Waals surface area contributed by atoms with Crippen LogP contribution in [0, 0.1) is 0 Å². The molecule has 0 aliphatic heterocycles. The van der Waals surface area contributed by atoms with Gasteiger partial charge in [0.05, 0.1) is 23.5 Å². The fourth-order valence-electron chi connectivity index (χ4n) is 2.65. The number of H-pyrrole nitrogens is 1. The van der Waals surface area contributed by atoms with Gasteiger partial charge in [-0.05, 0) is 49.4 Å². The zero-order valence-electron chi connectivity index (χ0n) is 15.6. The summed E-state index contributed by atoms with van der Waals surface area (Å²) in [6, 6.07) is 10.3. The van der Waals surface area contributed by atoms with Crippen molar-refractivity contribution in [3.63, 3.8) is 0 Å². The molecule has 0 fully saturated rings. The highest BCUT2D eigenvalue weighted by molar-refractivity contribution is 5.84. The van der Waals surface area contributed by atoms with Crippen LogP contribution in [0.1, 0.15) is 18.1 Å². The van der Waals surface area contributed by atoms with Crippen molar-refractivity contribution >= 4 is 11.9 Å². The highest BCUT2D eigenvalue weighted by Gasteiger charge is 2.30. The first kappa shape index (κ1) is 20.9. The van der Waals surface area contributed by atoms with E-state index < -0.39 is 28.9 Å². The van der Waals surface area contributed by atoms with E-state index in [1.807, 2.05) is 11.9 Å². The number of aromatic nitrogens is 2. The Labute approximate surface area is 167 Å². The molecule has 30 heavy (non-hydrogen) atoms. The third kappa shape index (κ3) is 4.43. The Hall–Kier alpha value is -3.82. The van der Waals surface area contributed by atoms with Gasteiger partial charge in [-0.3, -0.25) is 14.8 Å². The second-order valence-electron chi connectivity index (χ2n) is 6.07. The Balaban J connectivity index is 2.03. The first-order valence-corrected chi connectivity index (χ1v) is 8.73. The number of aromatic hydroxyl groups is 1. The number of nitrogens with zero attached hydrogens (tertiary/aromatic N) is 2. The minimum absolute atomic E-state index is 0.0811. The van der Waals surface area contributed by atoms with Gasteiger partial charge < -0.3 is 9.84 Å². The first-order chi connectivity index (χ1) is 14.2. The van der Waals surface area contributed by atoms with Gasteiger partial charge in [-0.2, -0.15) is 13.2 Å². The van der Waals surface area contributed by atoms with Crippen LogP contribution in [0.4, 0.5) is 18.9 Å². The molecule has 2 N–H and O–H groups in total. The predicted octanol–water partition coefficient (Wildman–Crippen LogP) is 3.40. The van der Waals surface area contributed by atoms with Gasteiger partial charge in [0, 0.05) is 6.21 Å². The van der Waals surface area contributed by atoms with Crippen molar-refractivity contribution < 1.29 is 23.0 Å². The molecule has 10 heteroatoms.